The van der Waals surface area contributed by atoms with Gasteiger partial charge in [0.1, 0.15) is 17.4 Å². The Balaban J connectivity index is 1.80. The minimum atomic E-state index is -0.459. The lowest BCUT2D eigenvalue weighted by molar-refractivity contribution is -0.112. The highest BCUT2D eigenvalue weighted by Crippen LogP contribution is 2.32. The Labute approximate surface area is 166 Å². The zero-order valence-corrected chi connectivity index (χ0v) is 16.6. The molecule has 140 valence electrons. The Morgan fingerprint density at radius 2 is 2.11 bits per heavy atom. The molecule has 7 heteroatoms. The Morgan fingerprint density at radius 1 is 1.37 bits per heavy atom. The number of carbonyl (C=O) groups excluding carboxylic acids is 1. The van der Waals surface area contributed by atoms with Gasteiger partial charge in [0.05, 0.1) is 17.7 Å². The van der Waals surface area contributed by atoms with Crippen molar-refractivity contribution in [1.82, 2.24) is 0 Å². The average molecular weight is 430 g/mol. The zero-order chi connectivity index (χ0) is 19.2. The summed E-state index contributed by atoms with van der Waals surface area (Å²) in [5, 5.41) is 12.2. The fourth-order valence-electron chi connectivity index (χ4n) is 2.86. The van der Waals surface area contributed by atoms with Gasteiger partial charge >= 0.3 is 0 Å². The molecule has 1 fully saturated rings. The summed E-state index contributed by atoms with van der Waals surface area (Å²) in [6.07, 6.45) is 2.24. The number of amides is 1. The van der Waals surface area contributed by atoms with Crippen LogP contribution in [0.5, 0.6) is 0 Å². The first-order valence-corrected chi connectivity index (χ1v) is 9.54. The lowest BCUT2D eigenvalue weighted by atomic mass is 10.1. The monoisotopic (exact) mass is 429 g/mol. The van der Waals surface area contributed by atoms with Crippen LogP contribution in [0.25, 0.3) is 6.08 Å². The summed E-state index contributed by atoms with van der Waals surface area (Å²) in [5.74, 6) is 0.663. The number of carbonyl (C=O) groups is 1. The topological polar surface area (TPSA) is 78.5 Å². The van der Waals surface area contributed by atoms with Crippen molar-refractivity contribution in [2.75, 3.05) is 36.5 Å². The van der Waals surface area contributed by atoms with E-state index in [0.29, 0.717) is 30.5 Å². The van der Waals surface area contributed by atoms with Gasteiger partial charge in [0.15, 0.2) is 0 Å². The number of anilines is 2. The van der Waals surface area contributed by atoms with Crippen molar-refractivity contribution in [3.05, 3.63) is 51.7 Å². The van der Waals surface area contributed by atoms with Crippen LogP contribution in [0, 0.1) is 11.3 Å². The normalized spacial score (nSPS) is 14.7. The zero-order valence-electron chi connectivity index (χ0n) is 15.0. The SMILES string of the molecule is CCc1ccccc1NC(=O)/C(C#N)=C\c1cc(Br)c(N2CCOCC2)o1. The number of hydrogen-bond acceptors (Lipinski definition) is 5. The van der Waals surface area contributed by atoms with Crippen LogP contribution in [0.4, 0.5) is 11.6 Å². The Kier molecular flexibility index (Phi) is 6.32. The summed E-state index contributed by atoms with van der Waals surface area (Å²) in [6, 6.07) is 11.3. The molecule has 0 unspecified atom stereocenters. The minimum absolute atomic E-state index is 0.0179. The maximum atomic E-state index is 12.5. The fourth-order valence-corrected chi connectivity index (χ4v) is 3.42. The van der Waals surface area contributed by atoms with Gasteiger partial charge in [0.25, 0.3) is 5.91 Å². The number of benzene rings is 1. The molecule has 3 rings (SSSR count). The molecule has 2 heterocycles. The number of furan rings is 1. The minimum Gasteiger partial charge on any atom is -0.440 e. The van der Waals surface area contributed by atoms with Crippen molar-refractivity contribution >= 4 is 39.5 Å². The van der Waals surface area contributed by atoms with E-state index in [2.05, 4.69) is 26.1 Å². The van der Waals surface area contributed by atoms with Crippen LogP contribution in [0.1, 0.15) is 18.2 Å². The van der Waals surface area contributed by atoms with Gasteiger partial charge in [-0.25, -0.2) is 0 Å². The van der Waals surface area contributed by atoms with E-state index < -0.39 is 5.91 Å². The molecule has 2 aromatic rings. The molecule has 0 atom stereocenters. The number of nitrogens with zero attached hydrogens (tertiary/aromatic N) is 2. The van der Waals surface area contributed by atoms with Crippen molar-refractivity contribution < 1.29 is 13.9 Å². The smallest absolute Gasteiger partial charge is 0.266 e. The summed E-state index contributed by atoms with van der Waals surface area (Å²) < 4.78 is 12.0. The first-order valence-electron chi connectivity index (χ1n) is 8.75. The van der Waals surface area contributed by atoms with Crippen LogP contribution < -0.4 is 10.2 Å². The van der Waals surface area contributed by atoms with Crippen molar-refractivity contribution in [3.63, 3.8) is 0 Å². The summed E-state index contributed by atoms with van der Waals surface area (Å²) in [4.78, 5) is 14.6. The van der Waals surface area contributed by atoms with Gasteiger partial charge in [0.2, 0.25) is 5.88 Å². The van der Waals surface area contributed by atoms with E-state index in [9.17, 15) is 10.1 Å². The summed E-state index contributed by atoms with van der Waals surface area (Å²) >= 11 is 3.49. The van der Waals surface area contributed by atoms with E-state index >= 15 is 0 Å². The number of nitrogens with one attached hydrogen (secondary N) is 1. The maximum Gasteiger partial charge on any atom is 0.266 e. The molecule has 1 N–H and O–H groups in total. The van der Waals surface area contributed by atoms with Crippen LogP contribution >= 0.6 is 15.9 Å². The molecule has 1 amide bonds. The molecule has 0 spiro atoms. The number of rotatable bonds is 5. The highest BCUT2D eigenvalue weighted by molar-refractivity contribution is 9.10. The molecular weight excluding hydrogens is 410 g/mol. The molecule has 1 saturated heterocycles. The van der Waals surface area contributed by atoms with Gasteiger partial charge in [-0.2, -0.15) is 5.26 Å². The number of halogens is 1. The second kappa shape index (κ2) is 8.89. The van der Waals surface area contributed by atoms with E-state index in [1.165, 1.54) is 6.08 Å². The lowest BCUT2D eigenvalue weighted by Gasteiger charge is -2.26. The largest absolute Gasteiger partial charge is 0.440 e. The number of ether oxygens (including phenoxy) is 1. The highest BCUT2D eigenvalue weighted by atomic mass is 79.9. The molecule has 27 heavy (non-hydrogen) atoms. The van der Waals surface area contributed by atoms with Gasteiger partial charge < -0.3 is 19.4 Å². The van der Waals surface area contributed by atoms with E-state index in [-0.39, 0.29) is 5.57 Å². The van der Waals surface area contributed by atoms with Crippen LogP contribution in [0.3, 0.4) is 0 Å². The third-order valence-electron chi connectivity index (χ3n) is 4.28. The van der Waals surface area contributed by atoms with E-state index in [0.717, 1.165) is 29.5 Å². The fraction of sp³-hybridized carbons (Fsp3) is 0.300. The molecule has 1 aromatic heterocycles. The van der Waals surface area contributed by atoms with E-state index in [1.54, 1.807) is 6.07 Å². The summed E-state index contributed by atoms with van der Waals surface area (Å²) in [7, 11) is 0. The van der Waals surface area contributed by atoms with Crippen LogP contribution in [0.15, 0.2) is 44.8 Å². The standard InChI is InChI=1S/C20H20BrN3O3/c1-2-14-5-3-4-6-18(14)23-19(25)15(13-22)11-16-12-17(21)20(27-16)24-7-9-26-10-8-24/h3-6,11-12H,2,7-10H2,1H3,(H,23,25)/b15-11-. The molecule has 0 saturated carbocycles. The predicted molar refractivity (Wildman–Crippen MR) is 107 cm³/mol. The molecule has 1 aliphatic rings. The Morgan fingerprint density at radius 3 is 2.81 bits per heavy atom. The third-order valence-corrected chi connectivity index (χ3v) is 4.85. The van der Waals surface area contributed by atoms with Gasteiger partial charge in [0, 0.05) is 30.9 Å². The van der Waals surface area contributed by atoms with Crippen LogP contribution in [-0.2, 0) is 16.0 Å². The average Bonchev–Trinajstić information content (AvgIpc) is 3.07. The third kappa shape index (κ3) is 4.59. The maximum absolute atomic E-state index is 12.5. The highest BCUT2D eigenvalue weighted by Gasteiger charge is 2.19. The van der Waals surface area contributed by atoms with Crippen molar-refractivity contribution in [2.45, 2.75) is 13.3 Å². The predicted octanol–water partition coefficient (Wildman–Crippen LogP) is 3.99. The van der Waals surface area contributed by atoms with Gasteiger partial charge in [-0.05, 0) is 34.0 Å². The quantitative estimate of drug-likeness (QED) is 0.574. The number of aryl methyl sites for hydroxylation is 1. The molecule has 1 aliphatic heterocycles. The molecule has 0 aliphatic carbocycles. The first kappa shape index (κ1) is 19.2. The van der Waals surface area contributed by atoms with Crippen LogP contribution in [0.2, 0.25) is 0 Å². The molecule has 6 nitrogen and oxygen atoms in total. The first-order chi connectivity index (χ1) is 13.1. The number of nitriles is 1. The van der Waals surface area contributed by atoms with E-state index in [4.69, 9.17) is 9.15 Å². The number of para-hydroxylation sites is 1. The van der Waals surface area contributed by atoms with Crippen molar-refractivity contribution in [1.29, 1.82) is 5.26 Å². The lowest BCUT2D eigenvalue weighted by Crippen LogP contribution is -2.36. The van der Waals surface area contributed by atoms with Gasteiger partial charge in [-0.1, -0.05) is 25.1 Å². The summed E-state index contributed by atoms with van der Waals surface area (Å²) in [6.45, 7) is 4.75. The molecule has 0 bridgehead atoms. The van der Waals surface area contributed by atoms with Crippen LogP contribution in [-0.4, -0.2) is 32.2 Å². The molecule has 0 radical (unpaired) electrons. The molecular formula is C20H20BrN3O3. The summed E-state index contributed by atoms with van der Waals surface area (Å²) in [5.41, 5.74) is 1.70. The van der Waals surface area contributed by atoms with Gasteiger partial charge in [-0.15, -0.1) is 0 Å². The Hall–Kier alpha value is -2.56. The molecule has 1 aromatic carbocycles. The second-order valence-corrected chi connectivity index (χ2v) is 6.89. The number of hydrogen-bond donors (Lipinski definition) is 1. The number of morpholine rings is 1. The second-order valence-electron chi connectivity index (χ2n) is 6.04. The van der Waals surface area contributed by atoms with E-state index in [1.807, 2.05) is 37.3 Å². The van der Waals surface area contributed by atoms with Gasteiger partial charge in [-0.3, -0.25) is 4.79 Å². The van der Waals surface area contributed by atoms with Crippen molar-refractivity contribution in [3.8, 4) is 6.07 Å². The van der Waals surface area contributed by atoms with Crippen molar-refractivity contribution in [2.24, 2.45) is 0 Å². The Bertz CT molecular complexity index is 892.